The number of nitrogens with zero attached hydrogens (tertiary/aromatic N) is 1. The van der Waals surface area contributed by atoms with Gasteiger partial charge in [-0.15, -0.1) is 12.4 Å². The molecular weight excluding hydrogens is 254 g/mol. The highest BCUT2D eigenvalue weighted by atomic mass is 35.5. The molecule has 5 nitrogen and oxygen atoms in total. The van der Waals surface area contributed by atoms with E-state index >= 15 is 0 Å². The molecule has 1 rings (SSSR count). The minimum atomic E-state index is -0.227. The normalized spacial score (nSPS) is 11.8. The van der Waals surface area contributed by atoms with Gasteiger partial charge in [0.25, 0.3) is 5.91 Å². The lowest BCUT2D eigenvalue weighted by Gasteiger charge is -2.15. The van der Waals surface area contributed by atoms with Crippen molar-refractivity contribution in [3.63, 3.8) is 0 Å². The zero-order chi connectivity index (χ0) is 12.8. The lowest BCUT2D eigenvalue weighted by molar-refractivity contribution is 0.0905. The average molecular weight is 276 g/mol. The summed E-state index contributed by atoms with van der Waals surface area (Å²) in [4.78, 5) is 16.0. The molecular formula is C12H22ClN3O2. The van der Waals surface area contributed by atoms with Gasteiger partial charge in [0.1, 0.15) is 0 Å². The molecule has 0 aliphatic heterocycles. The molecule has 0 aliphatic carbocycles. The Morgan fingerprint density at radius 3 is 2.61 bits per heavy atom. The van der Waals surface area contributed by atoms with Crippen LogP contribution in [-0.4, -0.2) is 23.5 Å². The molecule has 0 spiro atoms. The van der Waals surface area contributed by atoms with E-state index in [-0.39, 0.29) is 30.1 Å². The molecule has 0 saturated carbocycles. The van der Waals surface area contributed by atoms with Crippen molar-refractivity contribution in [1.82, 2.24) is 10.3 Å². The number of oxazole rings is 1. The van der Waals surface area contributed by atoms with E-state index in [0.29, 0.717) is 18.1 Å². The van der Waals surface area contributed by atoms with Gasteiger partial charge in [-0.3, -0.25) is 4.79 Å². The first-order chi connectivity index (χ1) is 8.08. The molecule has 1 aromatic rings. The van der Waals surface area contributed by atoms with Gasteiger partial charge in [-0.2, -0.15) is 0 Å². The smallest absolute Gasteiger partial charge is 0.289 e. The summed E-state index contributed by atoms with van der Waals surface area (Å²) >= 11 is 0. The van der Waals surface area contributed by atoms with Crippen molar-refractivity contribution in [2.45, 2.75) is 46.1 Å². The van der Waals surface area contributed by atoms with E-state index in [1.165, 1.54) is 0 Å². The lowest BCUT2D eigenvalue weighted by Crippen LogP contribution is -2.40. The van der Waals surface area contributed by atoms with E-state index in [9.17, 15) is 4.79 Å². The van der Waals surface area contributed by atoms with Crippen molar-refractivity contribution in [3.05, 3.63) is 17.3 Å². The number of hydrogen-bond donors (Lipinski definition) is 2. The van der Waals surface area contributed by atoms with E-state index in [1.807, 2.05) is 0 Å². The van der Waals surface area contributed by atoms with Crippen LogP contribution in [-0.2, 0) is 0 Å². The maximum absolute atomic E-state index is 11.9. The van der Waals surface area contributed by atoms with Crippen LogP contribution >= 0.6 is 12.4 Å². The number of hydrogen-bond acceptors (Lipinski definition) is 4. The van der Waals surface area contributed by atoms with Gasteiger partial charge >= 0.3 is 0 Å². The van der Waals surface area contributed by atoms with E-state index in [1.54, 1.807) is 13.8 Å². The third kappa shape index (κ3) is 4.66. The van der Waals surface area contributed by atoms with E-state index in [2.05, 4.69) is 17.2 Å². The average Bonchev–Trinajstić information content (AvgIpc) is 2.63. The zero-order valence-corrected chi connectivity index (χ0v) is 12.0. The Morgan fingerprint density at radius 1 is 1.50 bits per heavy atom. The van der Waals surface area contributed by atoms with Crippen molar-refractivity contribution in [2.75, 3.05) is 6.54 Å². The number of rotatable bonds is 6. The molecule has 1 heterocycles. The fourth-order valence-corrected chi connectivity index (χ4v) is 1.69. The van der Waals surface area contributed by atoms with Crippen LogP contribution in [0.1, 0.15) is 48.3 Å². The summed E-state index contributed by atoms with van der Waals surface area (Å²) in [5.41, 5.74) is 6.24. The minimum absolute atomic E-state index is 0. The van der Waals surface area contributed by atoms with Gasteiger partial charge in [-0.1, -0.05) is 19.8 Å². The molecule has 0 radical (unpaired) electrons. The Balaban J connectivity index is 0.00000289. The summed E-state index contributed by atoms with van der Waals surface area (Å²) in [6, 6.07) is 0.00672. The summed E-state index contributed by atoms with van der Waals surface area (Å²) < 4.78 is 5.26. The fourth-order valence-electron chi connectivity index (χ4n) is 1.69. The summed E-state index contributed by atoms with van der Waals surface area (Å²) in [6.45, 7) is 6.04. The lowest BCUT2D eigenvalue weighted by atomic mass is 10.1. The maximum atomic E-state index is 11.9. The molecule has 1 aromatic heterocycles. The van der Waals surface area contributed by atoms with Gasteiger partial charge in [-0.25, -0.2) is 4.98 Å². The molecule has 18 heavy (non-hydrogen) atoms. The summed E-state index contributed by atoms with van der Waals surface area (Å²) in [7, 11) is 0. The monoisotopic (exact) mass is 275 g/mol. The van der Waals surface area contributed by atoms with Crippen LogP contribution in [0.5, 0.6) is 0 Å². The highest BCUT2D eigenvalue weighted by Crippen LogP contribution is 2.10. The Morgan fingerprint density at radius 2 is 2.17 bits per heavy atom. The van der Waals surface area contributed by atoms with Crippen molar-refractivity contribution >= 4 is 18.3 Å². The summed E-state index contributed by atoms with van der Waals surface area (Å²) in [5.74, 6) is 0.567. The van der Waals surface area contributed by atoms with Crippen molar-refractivity contribution in [1.29, 1.82) is 0 Å². The third-order valence-corrected chi connectivity index (χ3v) is 2.64. The number of halogens is 1. The van der Waals surface area contributed by atoms with Gasteiger partial charge in [0, 0.05) is 19.5 Å². The quantitative estimate of drug-likeness (QED) is 0.832. The van der Waals surface area contributed by atoms with E-state index < -0.39 is 0 Å². The number of aromatic nitrogens is 1. The van der Waals surface area contributed by atoms with Crippen LogP contribution in [0.4, 0.5) is 0 Å². The predicted molar refractivity (Wildman–Crippen MR) is 73.1 cm³/mol. The number of nitrogens with one attached hydrogen (secondary N) is 1. The molecule has 0 fully saturated rings. The largest absolute Gasteiger partial charge is 0.436 e. The molecule has 0 aliphatic rings. The van der Waals surface area contributed by atoms with Crippen molar-refractivity contribution in [3.8, 4) is 0 Å². The van der Waals surface area contributed by atoms with Gasteiger partial charge < -0.3 is 15.5 Å². The van der Waals surface area contributed by atoms with Crippen molar-refractivity contribution in [2.24, 2.45) is 5.73 Å². The van der Waals surface area contributed by atoms with Crippen molar-refractivity contribution < 1.29 is 9.21 Å². The number of nitrogens with two attached hydrogens (primary N) is 1. The standard InChI is InChI=1S/C12H21N3O2.ClH/c1-4-5-6-10(7-13)15-12(16)11-8(2)14-9(3)17-11;/h10H,4-7,13H2,1-3H3,(H,15,16);1H. The third-order valence-electron chi connectivity index (χ3n) is 2.64. The molecule has 6 heteroatoms. The van der Waals surface area contributed by atoms with Crippen LogP contribution in [0.15, 0.2) is 4.42 Å². The van der Waals surface area contributed by atoms with E-state index in [4.69, 9.17) is 10.2 Å². The topological polar surface area (TPSA) is 81.1 Å². The number of carbonyl (C=O) groups is 1. The Labute approximate surface area is 114 Å². The molecule has 1 amide bonds. The van der Waals surface area contributed by atoms with E-state index in [0.717, 1.165) is 19.3 Å². The molecule has 0 saturated heterocycles. The summed E-state index contributed by atoms with van der Waals surface area (Å²) in [6.07, 6.45) is 3.04. The van der Waals surface area contributed by atoms with Crippen LogP contribution in [0, 0.1) is 13.8 Å². The SMILES string of the molecule is CCCCC(CN)NC(=O)c1oc(C)nc1C.Cl. The Bertz CT molecular complexity index is 379. The Hall–Kier alpha value is -1.07. The van der Waals surface area contributed by atoms with Gasteiger partial charge in [0.15, 0.2) is 5.89 Å². The zero-order valence-electron chi connectivity index (χ0n) is 11.2. The van der Waals surface area contributed by atoms with Gasteiger partial charge in [0.2, 0.25) is 5.76 Å². The fraction of sp³-hybridized carbons (Fsp3) is 0.667. The molecule has 1 atom stereocenters. The van der Waals surface area contributed by atoms with Crippen LogP contribution in [0.2, 0.25) is 0 Å². The van der Waals surface area contributed by atoms with Gasteiger partial charge in [-0.05, 0) is 13.3 Å². The van der Waals surface area contributed by atoms with Crippen LogP contribution < -0.4 is 11.1 Å². The van der Waals surface area contributed by atoms with Gasteiger partial charge in [0.05, 0.1) is 5.69 Å². The second kappa shape index (κ2) is 8.11. The molecule has 3 N–H and O–H groups in total. The first-order valence-corrected chi connectivity index (χ1v) is 6.03. The Kier molecular flexibility index (Phi) is 7.62. The highest BCUT2D eigenvalue weighted by Gasteiger charge is 2.18. The minimum Gasteiger partial charge on any atom is -0.436 e. The number of aryl methyl sites for hydroxylation is 2. The molecule has 104 valence electrons. The second-order valence-electron chi connectivity index (χ2n) is 4.20. The first-order valence-electron chi connectivity index (χ1n) is 6.03. The molecule has 0 bridgehead atoms. The van der Waals surface area contributed by atoms with Crippen LogP contribution in [0.25, 0.3) is 0 Å². The highest BCUT2D eigenvalue weighted by molar-refractivity contribution is 5.92. The van der Waals surface area contributed by atoms with Crippen LogP contribution in [0.3, 0.4) is 0 Å². The molecule has 0 aromatic carbocycles. The molecule has 1 unspecified atom stereocenters. The second-order valence-corrected chi connectivity index (χ2v) is 4.20. The summed E-state index contributed by atoms with van der Waals surface area (Å²) in [5, 5.41) is 2.87. The first kappa shape index (κ1) is 16.9. The predicted octanol–water partition coefficient (Wildman–Crippen LogP) is 1.96. The number of unbranched alkanes of at least 4 members (excludes halogenated alkanes) is 1. The number of carbonyl (C=O) groups excluding carboxylic acids is 1. The maximum Gasteiger partial charge on any atom is 0.289 e. The number of amides is 1.